The molecule has 0 aliphatic carbocycles. The van der Waals surface area contributed by atoms with Gasteiger partial charge in [-0.15, -0.1) is 0 Å². The van der Waals surface area contributed by atoms with Gasteiger partial charge in [-0.3, -0.25) is 39.9 Å². The van der Waals surface area contributed by atoms with E-state index in [9.17, 15) is 24.3 Å². The van der Waals surface area contributed by atoms with E-state index in [1.165, 1.54) is 11.9 Å². The number of nitrogens with zero attached hydrogens (tertiary/aromatic N) is 2. The summed E-state index contributed by atoms with van der Waals surface area (Å²) < 4.78 is 0. The average molecular weight is 433 g/mol. The lowest BCUT2D eigenvalue weighted by Crippen LogP contribution is -2.58. The molecule has 8 N–H and O–H groups in total. The third kappa shape index (κ3) is 6.15. The predicted molar refractivity (Wildman–Crippen MR) is 111 cm³/mol. The molecule has 1 aliphatic rings. The molecule has 3 amide bonds. The summed E-state index contributed by atoms with van der Waals surface area (Å²) in [5.74, 6) is -3.33. The number of carboxylic acids is 1. The Bertz CT molecular complexity index is 875. The molecule has 168 valence electrons. The van der Waals surface area contributed by atoms with Crippen LogP contribution in [0, 0.1) is 5.41 Å². The third-order valence-electron chi connectivity index (χ3n) is 4.77. The lowest BCUT2D eigenvalue weighted by molar-refractivity contribution is -0.148. The van der Waals surface area contributed by atoms with Gasteiger partial charge in [-0.25, -0.2) is 0 Å². The van der Waals surface area contributed by atoms with Crippen LogP contribution >= 0.6 is 0 Å². The van der Waals surface area contributed by atoms with Gasteiger partial charge >= 0.3 is 5.97 Å². The number of guanidine groups is 1. The summed E-state index contributed by atoms with van der Waals surface area (Å²) in [6.07, 6.45) is 0.0913. The molecule has 0 spiro atoms. The van der Waals surface area contributed by atoms with E-state index in [0.29, 0.717) is 24.2 Å². The van der Waals surface area contributed by atoms with Gasteiger partial charge in [0.25, 0.3) is 11.8 Å². The number of nitrogens with two attached hydrogens (primary N) is 2. The molecule has 1 heterocycles. The number of nitrogens with one attached hydrogen (secondary N) is 3. The van der Waals surface area contributed by atoms with Crippen LogP contribution in [0.3, 0.4) is 0 Å². The molecule has 1 aromatic carbocycles. The number of benzene rings is 1. The largest absolute Gasteiger partial charge is 0.481 e. The fourth-order valence-corrected chi connectivity index (χ4v) is 3.21. The van der Waals surface area contributed by atoms with Crippen molar-refractivity contribution in [3.8, 4) is 0 Å². The molecule has 1 aliphatic heterocycles. The summed E-state index contributed by atoms with van der Waals surface area (Å²) >= 11 is 0. The van der Waals surface area contributed by atoms with Gasteiger partial charge in [-0.05, 0) is 24.5 Å². The van der Waals surface area contributed by atoms with Crippen molar-refractivity contribution in [2.75, 3.05) is 11.6 Å². The molecule has 0 aromatic heterocycles. The highest BCUT2D eigenvalue weighted by Gasteiger charge is 2.39. The molecule has 0 bridgehead atoms. The number of aliphatic carboxylic acids is 1. The van der Waals surface area contributed by atoms with Crippen molar-refractivity contribution in [1.29, 1.82) is 5.41 Å². The number of carbonyl (C=O) groups excluding carboxylic acids is 3. The molecule has 1 unspecified atom stereocenters. The van der Waals surface area contributed by atoms with E-state index in [1.54, 1.807) is 24.3 Å². The Morgan fingerprint density at radius 3 is 2.61 bits per heavy atom. The van der Waals surface area contributed by atoms with Crippen LogP contribution in [0.25, 0.3) is 0 Å². The van der Waals surface area contributed by atoms with Gasteiger partial charge in [0.1, 0.15) is 6.04 Å². The predicted octanol–water partition coefficient (Wildman–Crippen LogP) is -1.15. The van der Waals surface area contributed by atoms with Crippen molar-refractivity contribution in [2.24, 2.45) is 11.5 Å². The van der Waals surface area contributed by atoms with Crippen molar-refractivity contribution in [3.05, 3.63) is 29.8 Å². The second kappa shape index (κ2) is 10.4. The first-order valence-corrected chi connectivity index (χ1v) is 9.66. The van der Waals surface area contributed by atoms with Gasteiger partial charge in [0.2, 0.25) is 5.91 Å². The molecule has 0 fully saturated rings. The minimum atomic E-state index is -1.33. The van der Waals surface area contributed by atoms with E-state index in [4.69, 9.17) is 16.9 Å². The molecule has 0 saturated carbocycles. The number of amides is 3. The maximum atomic E-state index is 13.0. The fourth-order valence-electron chi connectivity index (χ4n) is 3.21. The Hall–Kier alpha value is -3.67. The number of rotatable bonds is 8. The first kappa shape index (κ1) is 23.6. The standard InChI is InChI=1S/C19H27N7O5/c1-11(27)25-10-12-5-2-3-7-14(12)26(15(18(25)31)9-16(28)29)24-17(30)13(20)6-4-8-23-19(21)22/h2-3,5,7,13,15H,4,6,8-10,20H2,1H3,(H,24,30)(H,28,29)(H4,21,22,23)/t13-,15?/m0/s1. The summed E-state index contributed by atoms with van der Waals surface area (Å²) in [6.45, 7) is 1.53. The second-order valence-corrected chi connectivity index (χ2v) is 7.12. The first-order valence-electron chi connectivity index (χ1n) is 9.66. The molecular formula is C19H27N7O5. The lowest BCUT2D eigenvalue weighted by atomic mass is 10.1. The maximum absolute atomic E-state index is 13.0. The van der Waals surface area contributed by atoms with Crippen LogP contribution in [-0.4, -0.2) is 58.3 Å². The molecule has 31 heavy (non-hydrogen) atoms. The van der Waals surface area contributed by atoms with Crippen LogP contribution < -0.4 is 27.2 Å². The van der Waals surface area contributed by atoms with Crippen molar-refractivity contribution in [2.45, 2.75) is 44.8 Å². The van der Waals surface area contributed by atoms with Crippen molar-refractivity contribution >= 4 is 35.3 Å². The first-order chi connectivity index (χ1) is 14.6. The highest BCUT2D eigenvalue weighted by Crippen LogP contribution is 2.28. The van der Waals surface area contributed by atoms with E-state index < -0.39 is 42.2 Å². The van der Waals surface area contributed by atoms with Gasteiger partial charge in [-0.2, -0.15) is 0 Å². The molecule has 0 saturated heterocycles. The second-order valence-electron chi connectivity index (χ2n) is 7.12. The minimum absolute atomic E-state index is 0.0460. The topological polar surface area (TPSA) is 195 Å². The Kier molecular flexibility index (Phi) is 7.91. The van der Waals surface area contributed by atoms with E-state index in [2.05, 4.69) is 10.7 Å². The van der Waals surface area contributed by atoms with Crippen LogP contribution in [0.15, 0.2) is 24.3 Å². The van der Waals surface area contributed by atoms with E-state index in [0.717, 1.165) is 4.90 Å². The maximum Gasteiger partial charge on any atom is 0.306 e. The van der Waals surface area contributed by atoms with Gasteiger partial charge in [0, 0.05) is 13.5 Å². The van der Waals surface area contributed by atoms with Gasteiger partial charge in [-0.1, -0.05) is 18.2 Å². The molecule has 12 nitrogen and oxygen atoms in total. The van der Waals surface area contributed by atoms with Crippen LogP contribution in [0.1, 0.15) is 31.7 Å². The molecule has 12 heteroatoms. The van der Waals surface area contributed by atoms with Gasteiger partial charge in [0.05, 0.1) is 24.7 Å². The smallest absolute Gasteiger partial charge is 0.306 e. The molecular weight excluding hydrogens is 406 g/mol. The number of fused-ring (bicyclic) bond motifs is 1. The van der Waals surface area contributed by atoms with Crippen LogP contribution in [-0.2, 0) is 25.7 Å². The SMILES string of the molecule is CC(=O)N1Cc2ccccc2N(NC(=O)[C@@H](N)CCCNC(=N)N)C(CC(=O)O)C1=O. The number of imide groups is 1. The Balaban J connectivity index is 2.29. The summed E-state index contributed by atoms with van der Waals surface area (Å²) in [5.41, 5.74) is 14.7. The number of hydrazine groups is 1. The van der Waals surface area contributed by atoms with E-state index in [-0.39, 0.29) is 18.9 Å². The van der Waals surface area contributed by atoms with Gasteiger partial charge in [0.15, 0.2) is 5.96 Å². The quantitative estimate of drug-likeness (QED) is 0.167. The van der Waals surface area contributed by atoms with Gasteiger partial charge < -0.3 is 21.9 Å². The number of anilines is 1. The lowest BCUT2D eigenvalue weighted by Gasteiger charge is -2.32. The van der Waals surface area contributed by atoms with Crippen LogP contribution in [0.2, 0.25) is 0 Å². The van der Waals surface area contributed by atoms with E-state index in [1.807, 2.05) is 0 Å². The molecule has 0 radical (unpaired) electrons. The number of carboxylic acid groups (broad SMARTS) is 1. The number of hydrogen-bond acceptors (Lipinski definition) is 7. The normalized spacial score (nSPS) is 16.7. The Morgan fingerprint density at radius 1 is 1.32 bits per heavy atom. The summed E-state index contributed by atoms with van der Waals surface area (Å²) in [7, 11) is 0. The van der Waals surface area contributed by atoms with Crippen molar-refractivity contribution in [1.82, 2.24) is 15.6 Å². The fraction of sp³-hybridized carbons (Fsp3) is 0.421. The molecule has 2 atom stereocenters. The Morgan fingerprint density at radius 2 is 2.00 bits per heavy atom. The summed E-state index contributed by atoms with van der Waals surface area (Å²) in [5, 5.41) is 20.2. The highest BCUT2D eigenvalue weighted by molar-refractivity contribution is 6.01. The van der Waals surface area contributed by atoms with Crippen molar-refractivity contribution in [3.63, 3.8) is 0 Å². The zero-order valence-electron chi connectivity index (χ0n) is 17.1. The zero-order chi connectivity index (χ0) is 23.1. The summed E-state index contributed by atoms with van der Waals surface area (Å²) in [6, 6.07) is 4.43. The summed E-state index contributed by atoms with van der Waals surface area (Å²) in [4.78, 5) is 50.2. The van der Waals surface area contributed by atoms with E-state index >= 15 is 0 Å². The highest BCUT2D eigenvalue weighted by atomic mass is 16.4. The van der Waals surface area contributed by atoms with Crippen LogP contribution in [0.4, 0.5) is 5.69 Å². The number of para-hydroxylation sites is 1. The zero-order valence-corrected chi connectivity index (χ0v) is 17.1. The monoisotopic (exact) mass is 433 g/mol. The third-order valence-corrected chi connectivity index (χ3v) is 4.77. The number of carbonyl (C=O) groups is 4. The molecule has 1 aromatic rings. The van der Waals surface area contributed by atoms with Crippen LogP contribution in [0.5, 0.6) is 0 Å². The average Bonchev–Trinajstić information content (AvgIpc) is 2.81. The minimum Gasteiger partial charge on any atom is -0.481 e. The Labute approximate surface area is 179 Å². The molecule has 2 rings (SSSR count). The van der Waals surface area contributed by atoms with Crippen molar-refractivity contribution < 1.29 is 24.3 Å². The number of hydrogen-bond donors (Lipinski definition) is 6.